The van der Waals surface area contributed by atoms with Gasteiger partial charge in [0.05, 0.1) is 23.2 Å². The van der Waals surface area contributed by atoms with Crippen molar-refractivity contribution in [2.24, 2.45) is 15.3 Å². The maximum absolute atomic E-state index is 13.1. The highest BCUT2D eigenvalue weighted by Gasteiger charge is 2.17. The average molecular weight is 594 g/mol. The topological polar surface area (TPSA) is 110 Å². The Kier molecular flexibility index (Phi) is 7.38. The molecule has 0 aliphatic heterocycles. The molecule has 0 radical (unpaired) electrons. The van der Waals surface area contributed by atoms with Gasteiger partial charge in [0.2, 0.25) is 5.13 Å². The third-order valence-electron chi connectivity index (χ3n) is 6.69. The number of hydrogen-bond donors (Lipinski definition) is 1. The van der Waals surface area contributed by atoms with Crippen LogP contribution in [0.15, 0.2) is 152 Å². The number of azo groups is 1. The summed E-state index contributed by atoms with van der Waals surface area (Å²) in [5.74, 6) is 0. The molecule has 0 unspecified atom stereocenters. The summed E-state index contributed by atoms with van der Waals surface area (Å²) in [6, 6.07) is 38.2. The van der Waals surface area contributed by atoms with E-state index in [1.165, 1.54) is 11.3 Å². The first kappa shape index (κ1) is 26.9. The molecule has 0 saturated heterocycles. The predicted molar refractivity (Wildman–Crippen MR) is 174 cm³/mol. The number of nitrogens with one attached hydrogen (secondary N) is 1. The minimum atomic E-state index is -0.481. The van der Waals surface area contributed by atoms with E-state index in [9.17, 15) is 4.79 Å². The monoisotopic (exact) mass is 593 g/mol. The number of fused-ring (bicyclic) bond motifs is 1. The summed E-state index contributed by atoms with van der Waals surface area (Å²) in [6.45, 7) is 0. The van der Waals surface area contributed by atoms with Gasteiger partial charge in [-0.25, -0.2) is 14.5 Å². The number of hydrogen-bond acceptors (Lipinski definition) is 9. The van der Waals surface area contributed by atoms with Crippen molar-refractivity contribution in [3.8, 4) is 28.2 Å². The van der Waals surface area contributed by atoms with Crippen molar-refractivity contribution in [3.05, 3.63) is 144 Å². The van der Waals surface area contributed by atoms with Gasteiger partial charge in [-0.3, -0.25) is 5.43 Å². The van der Waals surface area contributed by atoms with Crippen molar-refractivity contribution in [2.45, 2.75) is 0 Å². The van der Waals surface area contributed by atoms with Crippen LogP contribution in [0.1, 0.15) is 5.56 Å². The van der Waals surface area contributed by atoms with Crippen LogP contribution in [0.3, 0.4) is 0 Å². The highest BCUT2D eigenvalue weighted by atomic mass is 32.1. The van der Waals surface area contributed by atoms with Gasteiger partial charge >= 0.3 is 5.63 Å². The van der Waals surface area contributed by atoms with E-state index < -0.39 is 5.63 Å². The zero-order valence-corrected chi connectivity index (χ0v) is 23.9. The molecular formula is C34H23N7O2S. The lowest BCUT2D eigenvalue weighted by Crippen LogP contribution is -2.05. The second-order valence-corrected chi connectivity index (χ2v) is 10.6. The van der Waals surface area contributed by atoms with E-state index in [1.54, 1.807) is 23.0 Å². The number of hydrazone groups is 1. The molecule has 0 aliphatic rings. The van der Waals surface area contributed by atoms with Gasteiger partial charge in [0.15, 0.2) is 5.00 Å². The minimum absolute atomic E-state index is 0.337. The molecule has 0 fully saturated rings. The van der Waals surface area contributed by atoms with Crippen molar-refractivity contribution in [1.29, 1.82) is 0 Å². The summed E-state index contributed by atoms with van der Waals surface area (Å²) >= 11 is 1.33. The van der Waals surface area contributed by atoms with E-state index in [0.717, 1.165) is 22.3 Å². The first-order valence-corrected chi connectivity index (χ1v) is 14.5. The Bertz CT molecular complexity index is 2170. The summed E-state index contributed by atoms with van der Waals surface area (Å²) in [4.78, 5) is 17.8. The van der Waals surface area contributed by atoms with Crippen LogP contribution in [0.4, 0.5) is 15.8 Å². The quantitative estimate of drug-likeness (QED) is 0.0821. The summed E-state index contributed by atoms with van der Waals surface area (Å²) in [5, 5.41) is 20.1. The van der Waals surface area contributed by atoms with Crippen molar-refractivity contribution in [3.63, 3.8) is 0 Å². The molecule has 0 spiro atoms. The van der Waals surface area contributed by atoms with Crippen LogP contribution in [-0.2, 0) is 0 Å². The highest BCUT2D eigenvalue weighted by Crippen LogP contribution is 2.39. The fourth-order valence-electron chi connectivity index (χ4n) is 4.60. The van der Waals surface area contributed by atoms with Crippen LogP contribution in [0.2, 0.25) is 0 Å². The summed E-state index contributed by atoms with van der Waals surface area (Å²) in [6.07, 6.45) is 3.44. The van der Waals surface area contributed by atoms with Crippen LogP contribution in [0.25, 0.3) is 39.2 Å². The Hall–Kier alpha value is -6.00. The van der Waals surface area contributed by atoms with Gasteiger partial charge in [-0.15, -0.1) is 10.2 Å². The van der Waals surface area contributed by atoms with Crippen LogP contribution >= 0.6 is 11.3 Å². The number of para-hydroxylation sites is 2. The van der Waals surface area contributed by atoms with Gasteiger partial charge in [0.25, 0.3) is 0 Å². The number of rotatable bonds is 8. The zero-order valence-electron chi connectivity index (χ0n) is 23.1. The molecule has 0 atom stereocenters. The Balaban J connectivity index is 1.24. The highest BCUT2D eigenvalue weighted by molar-refractivity contribution is 7.19. The molecular weight excluding hydrogens is 570 g/mol. The summed E-state index contributed by atoms with van der Waals surface area (Å²) in [7, 11) is 0. The van der Waals surface area contributed by atoms with E-state index in [0.29, 0.717) is 38.2 Å². The number of anilines is 1. The maximum atomic E-state index is 13.1. The van der Waals surface area contributed by atoms with Crippen LogP contribution < -0.4 is 11.1 Å². The van der Waals surface area contributed by atoms with E-state index in [1.807, 2.05) is 115 Å². The molecule has 9 nitrogen and oxygen atoms in total. The third kappa shape index (κ3) is 5.69. The van der Waals surface area contributed by atoms with Crippen LogP contribution in [-0.4, -0.2) is 21.0 Å². The summed E-state index contributed by atoms with van der Waals surface area (Å²) in [5.41, 5.74) is 7.65. The largest absolute Gasteiger partial charge is 0.422 e. The molecule has 0 aliphatic carbocycles. The maximum Gasteiger partial charge on any atom is 0.345 e. The lowest BCUT2D eigenvalue weighted by atomic mass is 10.1. The van der Waals surface area contributed by atoms with Gasteiger partial charge in [-0.05, 0) is 36.4 Å². The molecule has 3 aromatic heterocycles. The van der Waals surface area contributed by atoms with E-state index >= 15 is 0 Å². The molecule has 44 heavy (non-hydrogen) atoms. The first-order chi connectivity index (χ1) is 21.7. The minimum Gasteiger partial charge on any atom is -0.422 e. The lowest BCUT2D eigenvalue weighted by molar-refractivity contribution is 0.563. The second kappa shape index (κ2) is 12.1. The first-order valence-electron chi connectivity index (χ1n) is 13.7. The second-order valence-electron chi connectivity index (χ2n) is 9.64. The molecule has 7 aromatic rings. The van der Waals surface area contributed by atoms with Crippen LogP contribution in [0, 0.1) is 0 Å². The normalized spacial score (nSPS) is 11.5. The van der Waals surface area contributed by atoms with E-state index in [4.69, 9.17) is 14.5 Å². The Morgan fingerprint density at radius 3 is 2.30 bits per heavy atom. The van der Waals surface area contributed by atoms with Gasteiger partial charge in [-0.2, -0.15) is 10.2 Å². The molecule has 4 aromatic carbocycles. The fourth-order valence-corrected chi connectivity index (χ4v) is 5.36. The predicted octanol–water partition coefficient (Wildman–Crippen LogP) is 8.63. The van der Waals surface area contributed by atoms with Gasteiger partial charge < -0.3 is 4.42 Å². The van der Waals surface area contributed by atoms with Crippen molar-refractivity contribution in [2.75, 3.05) is 5.43 Å². The van der Waals surface area contributed by atoms with E-state index in [-0.39, 0.29) is 0 Å². The Morgan fingerprint density at radius 2 is 1.50 bits per heavy atom. The van der Waals surface area contributed by atoms with Crippen molar-refractivity contribution >= 4 is 44.3 Å². The molecule has 212 valence electrons. The molecule has 0 bridgehead atoms. The van der Waals surface area contributed by atoms with Crippen LogP contribution in [0.5, 0.6) is 0 Å². The molecule has 10 heteroatoms. The Morgan fingerprint density at radius 1 is 0.795 bits per heavy atom. The molecule has 3 heterocycles. The number of benzene rings is 4. The fraction of sp³-hybridized carbons (Fsp3) is 0. The lowest BCUT2D eigenvalue weighted by Gasteiger charge is -2.01. The van der Waals surface area contributed by atoms with Crippen molar-refractivity contribution in [1.82, 2.24) is 14.8 Å². The number of thiazole rings is 1. The van der Waals surface area contributed by atoms with Gasteiger partial charge in [0, 0.05) is 22.7 Å². The molecule has 0 saturated carbocycles. The summed E-state index contributed by atoms with van der Waals surface area (Å²) < 4.78 is 7.32. The molecule has 0 amide bonds. The van der Waals surface area contributed by atoms with Gasteiger partial charge in [-0.1, -0.05) is 96.3 Å². The number of nitrogens with zero attached hydrogens (tertiary/aromatic N) is 6. The number of aromatic nitrogens is 3. The SMILES string of the molecule is O=c1oc2ccccc2cc1-c1nn(-c2ccccc2)cc1/C=N/Nc1nc(-c2ccccc2)c(N=Nc2ccccc2)s1. The Labute approximate surface area is 255 Å². The zero-order chi connectivity index (χ0) is 29.7. The third-order valence-corrected chi connectivity index (χ3v) is 7.54. The van der Waals surface area contributed by atoms with E-state index in [2.05, 4.69) is 20.8 Å². The molecule has 1 N–H and O–H groups in total. The molecule has 7 rings (SSSR count). The van der Waals surface area contributed by atoms with Gasteiger partial charge in [0.1, 0.15) is 17.0 Å². The smallest absolute Gasteiger partial charge is 0.345 e. The average Bonchev–Trinajstić information content (AvgIpc) is 3.69. The standard InChI is InChI=1S/C34H23N7O2S/c42-33-28(20-24-14-10-11-19-29(24)43-33)30-25(22-41(40-30)27-17-8-3-9-18-27)21-35-39-34-36-31(23-12-4-1-5-13-23)32(44-34)38-37-26-15-6-2-7-16-26/h1-22H,(H,36,39)/b35-21+,38-37?. The van der Waals surface area contributed by atoms with Crippen molar-refractivity contribution < 1.29 is 4.42 Å².